The minimum atomic E-state index is -1.06. The Balaban J connectivity index is 1.23. The molecular weight excluding hydrogens is 821 g/mol. The molecule has 0 radical (unpaired) electrons. The van der Waals surface area contributed by atoms with E-state index in [2.05, 4.69) is 21.3 Å². The molecule has 0 fully saturated rings. The zero-order valence-corrected chi connectivity index (χ0v) is 35.7. The van der Waals surface area contributed by atoms with Crippen LogP contribution in [0.15, 0.2) is 76.0 Å². The summed E-state index contributed by atoms with van der Waals surface area (Å²) < 4.78 is 15.9. The van der Waals surface area contributed by atoms with Crippen molar-refractivity contribution in [2.75, 3.05) is 45.6 Å². The van der Waals surface area contributed by atoms with Gasteiger partial charge < -0.3 is 50.7 Å². The molecule has 0 bridgehead atoms. The first kappa shape index (κ1) is 48.4. The van der Waals surface area contributed by atoms with Crippen molar-refractivity contribution in [1.82, 2.24) is 30.7 Å². The van der Waals surface area contributed by atoms with Gasteiger partial charge in [0.05, 0.1) is 0 Å². The molecule has 338 valence electrons. The van der Waals surface area contributed by atoms with E-state index >= 15 is 0 Å². The molecule has 6 N–H and O–H groups in total. The average Bonchev–Trinajstić information content (AvgIpc) is 3.57. The number of unbranched alkanes of at least 4 members (excludes halogenated alkanes) is 2. The molecule has 63 heavy (non-hydrogen) atoms. The van der Waals surface area contributed by atoms with E-state index in [9.17, 15) is 43.2 Å². The predicted octanol–water partition coefficient (Wildman–Crippen LogP) is 2.99. The number of benzene rings is 2. The van der Waals surface area contributed by atoms with Crippen LogP contribution in [0.3, 0.4) is 0 Å². The van der Waals surface area contributed by atoms with Gasteiger partial charge in [-0.25, -0.2) is 19.2 Å². The summed E-state index contributed by atoms with van der Waals surface area (Å²) in [4.78, 5) is 115. The molecule has 4 rings (SSSR count). The summed E-state index contributed by atoms with van der Waals surface area (Å²) in [5.41, 5.74) is 5.89. The molecule has 1 aliphatic rings. The average molecular weight is 875 g/mol. The maximum atomic E-state index is 13.5. The summed E-state index contributed by atoms with van der Waals surface area (Å²) in [6.45, 7) is 4.05. The largest absolute Gasteiger partial charge is 0.445 e. The smallest absolute Gasteiger partial charge is 0.415 e. The highest BCUT2D eigenvalue weighted by atomic mass is 16.6. The van der Waals surface area contributed by atoms with Crippen molar-refractivity contribution in [3.63, 3.8) is 0 Å². The Labute approximate surface area is 363 Å². The van der Waals surface area contributed by atoms with Gasteiger partial charge >= 0.3 is 23.8 Å². The second-order valence-corrected chi connectivity index (χ2v) is 15.2. The van der Waals surface area contributed by atoms with Crippen molar-refractivity contribution < 1.29 is 52.2 Å². The van der Waals surface area contributed by atoms with E-state index in [-0.39, 0.29) is 87.0 Å². The summed E-state index contributed by atoms with van der Waals surface area (Å²) >= 11 is 0. The van der Waals surface area contributed by atoms with E-state index in [4.69, 9.17) is 19.6 Å². The summed E-state index contributed by atoms with van der Waals surface area (Å²) in [5.74, 6) is -2.38. The van der Waals surface area contributed by atoms with Crippen LogP contribution in [0.25, 0.3) is 11.0 Å². The van der Waals surface area contributed by atoms with Crippen LogP contribution in [-0.2, 0) is 35.3 Å². The van der Waals surface area contributed by atoms with Crippen LogP contribution >= 0.6 is 0 Å². The van der Waals surface area contributed by atoms with Crippen LogP contribution in [0.2, 0.25) is 0 Å². The molecule has 1 aliphatic heterocycles. The van der Waals surface area contributed by atoms with Gasteiger partial charge in [0.1, 0.15) is 30.0 Å². The maximum Gasteiger partial charge on any atom is 0.415 e. The fourth-order valence-electron chi connectivity index (χ4n) is 6.15. The lowest BCUT2D eigenvalue weighted by atomic mass is 10.0. The van der Waals surface area contributed by atoms with Gasteiger partial charge in [-0.3, -0.25) is 28.9 Å². The molecule has 2 atom stereocenters. The molecule has 1 unspecified atom stereocenters. The number of urea groups is 1. The molecule has 0 saturated carbocycles. The van der Waals surface area contributed by atoms with Crippen LogP contribution < -0.4 is 37.4 Å². The van der Waals surface area contributed by atoms with Crippen LogP contribution in [0.5, 0.6) is 5.75 Å². The zero-order chi connectivity index (χ0) is 46.1. The Bertz CT molecular complexity index is 2210. The highest BCUT2D eigenvalue weighted by Crippen LogP contribution is 2.20. The van der Waals surface area contributed by atoms with Gasteiger partial charge in [-0.2, -0.15) is 0 Å². The molecule has 9 amide bonds. The Kier molecular flexibility index (Phi) is 18.2. The topological polar surface area (TPSA) is 269 Å². The van der Waals surface area contributed by atoms with Crippen molar-refractivity contribution in [2.45, 2.75) is 71.1 Å². The Hall–Kier alpha value is -7.25. The molecule has 0 spiro atoms. The van der Waals surface area contributed by atoms with Gasteiger partial charge in [0.2, 0.25) is 17.7 Å². The number of ether oxygens (including phenoxy) is 2. The van der Waals surface area contributed by atoms with E-state index in [1.165, 1.54) is 48.2 Å². The first-order valence-corrected chi connectivity index (χ1v) is 20.4. The predicted molar refractivity (Wildman–Crippen MR) is 229 cm³/mol. The molecule has 0 aliphatic carbocycles. The molecule has 20 heteroatoms. The molecule has 2 heterocycles. The number of fused-ring (bicyclic) bond motifs is 1. The number of primary amides is 1. The number of carbonyl (C=O) groups excluding carboxylic acids is 8. The number of nitrogens with zero attached hydrogens (tertiary/aromatic N) is 3. The minimum absolute atomic E-state index is 0.0977. The van der Waals surface area contributed by atoms with Crippen LogP contribution in [0.4, 0.5) is 20.1 Å². The van der Waals surface area contributed by atoms with Gasteiger partial charge in [-0.15, -0.1) is 0 Å². The SMILES string of the molecule is CC(C)C(NC(=O)CCCCCN1C(=O)C=CC1=O)C(=O)N[C@@H](CCCNC(N)=O)C(=O)Nc1ccc(COC(=O)N(C)CCN(C)C(=O)Oc2ccc3ccc(=O)oc3c2)cc1. The monoisotopic (exact) mass is 874 g/mol. The molecule has 0 saturated heterocycles. The van der Waals surface area contributed by atoms with Crippen LogP contribution in [0, 0.1) is 5.92 Å². The van der Waals surface area contributed by atoms with E-state index in [0.29, 0.717) is 35.9 Å². The Morgan fingerprint density at radius 1 is 0.794 bits per heavy atom. The highest BCUT2D eigenvalue weighted by Gasteiger charge is 2.29. The lowest BCUT2D eigenvalue weighted by Gasteiger charge is -2.25. The van der Waals surface area contributed by atoms with Crippen LogP contribution in [-0.4, -0.2) is 115 Å². The van der Waals surface area contributed by atoms with Crippen molar-refractivity contribution in [1.29, 1.82) is 0 Å². The van der Waals surface area contributed by atoms with Gasteiger partial charge in [0.15, 0.2) is 0 Å². The maximum absolute atomic E-state index is 13.5. The third-order valence-electron chi connectivity index (χ3n) is 9.83. The molecular formula is C43H54N8O12. The summed E-state index contributed by atoms with van der Waals surface area (Å²) in [7, 11) is 3.01. The van der Waals surface area contributed by atoms with Crippen LogP contribution in [0.1, 0.15) is 57.9 Å². The van der Waals surface area contributed by atoms with Gasteiger partial charge in [0.25, 0.3) is 11.8 Å². The molecule has 2 aromatic carbocycles. The fourth-order valence-corrected chi connectivity index (χ4v) is 6.15. The second kappa shape index (κ2) is 23.7. The number of hydrogen-bond donors (Lipinski definition) is 5. The summed E-state index contributed by atoms with van der Waals surface area (Å²) in [5, 5.41) is 11.4. The zero-order valence-electron chi connectivity index (χ0n) is 35.7. The summed E-state index contributed by atoms with van der Waals surface area (Å²) in [6.07, 6.45) is 3.19. The lowest BCUT2D eigenvalue weighted by molar-refractivity contribution is -0.137. The molecule has 3 aromatic rings. The summed E-state index contributed by atoms with van der Waals surface area (Å²) in [6, 6.07) is 11.2. The quantitative estimate of drug-likeness (QED) is 0.0554. The fraction of sp³-hybridized carbons (Fsp3) is 0.419. The van der Waals surface area contributed by atoms with E-state index in [0.717, 1.165) is 4.90 Å². The third kappa shape index (κ3) is 15.6. The number of nitrogens with one attached hydrogen (secondary N) is 4. The Morgan fingerprint density at radius 2 is 1.46 bits per heavy atom. The van der Waals surface area contributed by atoms with Gasteiger partial charge in [0, 0.05) is 82.1 Å². The lowest BCUT2D eigenvalue weighted by Crippen LogP contribution is -2.54. The molecule has 1 aromatic heterocycles. The number of nitrogens with two attached hydrogens (primary N) is 1. The van der Waals surface area contributed by atoms with E-state index in [1.54, 1.807) is 56.3 Å². The van der Waals surface area contributed by atoms with Gasteiger partial charge in [-0.1, -0.05) is 32.4 Å². The number of amides is 9. The highest BCUT2D eigenvalue weighted by molar-refractivity contribution is 6.12. The number of hydrogen-bond acceptors (Lipinski definition) is 12. The standard InChI is InChI=1S/C43H54N8O12/c1-27(2)38(48-34(52)10-6-5-7-22-51-35(53)18-19-36(51)54)40(57)47-32(9-8-21-45-41(44)58)39(56)46-30-15-11-28(12-16-30)26-61-42(59)49(3)23-24-50(4)43(60)62-31-17-13-29-14-20-37(55)63-33(29)25-31/h11-20,25,27,32,38H,5-10,21-24,26H2,1-4H3,(H,46,56)(H,47,57)(H,48,52)(H3,44,45,58)/t32-,38?/m0/s1. The normalized spacial score (nSPS) is 13.0. The van der Waals surface area contributed by atoms with Gasteiger partial charge in [-0.05, 0) is 67.5 Å². The van der Waals surface area contributed by atoms with Crippen molar-refractivity contribution in [2.24, 2.45) is 11.7 Å². The molecule has 20 nitrogen and oxygen atoms in total. The number of imide groups is 1. The Morgan fingerprint density at radius 3 is 2.13 bits per heavy atom. The van der Waals surface area contributed by atoms with Crippen molar-refractivity contribution in [3.8, 4) is 5.75 Å². The van der Waals surface area contributed by atoms with E-state index < -0.39 is 47.7 Å². The van der Waals surface area contributed by atoms with Crippen molar-refractivity contribution >= 4 is 64.4 Å². The first-order valence-electron chi connectivity index (χ1n) is 20.4. The number of rotatable bonds is 22. The number of likely N-dealkylation sites (N-methyl/N-ethyl adjacent to an activating group) is 2. The third-order valence-corrected chi connectivity index (χ3v) is 9.83. The second-order valence-electron chi connectivity index (χ2n) is 15.2. The number of anilines is 1. The first-order chi connectivity index (χ1) is 30.0. The van der Waals surface area contributed by atoms with Crippen molar-refractivity contribution in [3.05, 3.63) is 82.7 Å². The minimum Gasteiger partial charge on any atom is -0.445 e. The number of carbonyl (C=O) groups is 8. The van der Waals surface area contributed by atoms with E-state index in [1.807, 2.05) is 0 Å².